The van der Waals surface area contributed by atoms with Crippen molar-refractivity contribution in [2.24, 2.45) is 13.0 Å². The number of anilines is 2. The molecule has 30 heavy (non-hydrogen) atoms. The average molecular weight is 448 g/mol. The van der Waals surface area contributed by atoms with Gasteiger partial charge in [-0.25, -0.2) is 18.9 Å². The lowest BCUT2D eigenvalue weighted by Gasteiger charge is -2.14. The van der Waals surface area contributed by atoms with Crippen molar-refractivity contribution in [1.82, 2.24) is 25.2 Å². The number of aromatic nitrogens is 5. The van der Waals surface area contributed by atoms with Gasteiger partial charge in [0.1, 0.15) is 5.82 Å². The van der Waals surface area contributed by atoms with Crippen LogP contribution in [0.5, 0.6) is 0 Å². The average Bonchev–Trinajstić information content (AvgIpc) is 3.47. The summed E-state index contributed by atoms with van der Waals surface area (Å²) in [6.07, 6.45) is 5.17. The molecule has 0 bridgehead atoms. The standard InChI is InChI=1S/C18H18FN7O2S2/c1-26-18(23-24-25-26)30-14-9-20-17(29-14)22-16(28)21-13-7-6-11(19)8-12(13)15(27)10-4-2-3-5-10/h6-10H,2-5H2,1H3,(H2,20,21,22,28). The van der Waals surface area contributed by atoms with Gasteiger partial charge in [-0.3, -0.25) is 10.1 Å². The van der Waals surface area contributed by atoms with E-state index in [1.165, 1.54) is 46.0 Å². The molecule has 0 spiro atoms. The Bertz CT molecular complexity index is 1080. The van der Waals surface area contributed by atoms with Crippen molar-refractivity contribution < 1.29 is 14.0 Å². The molecule has 2 amide bonds. The van der Waals surface area contributed by atoms with Crippen LogP contribution in [0.1, 0.15) is 36.0 Å². The SMILES string of the molecule is Cn1nnnc1Sc1cnc(NC(=O)Nc2ccc(F)cc2C(=O)C2CCCC2)s1. The van der Waals surface area contributed by atoms with E-state index in [0.717, 1.165) is 29.9 Å². The van der Waals surface area contributed by atoms with Crippen LogP contribution in [-0.4, -0.2) is 37.0 Å². The first-order valence-electron chi connectivity index (χ1n) is 9.27. The number of nitrogens with one attached hydrogen (secondary N) is 2. The smallest absolute Gasteiger partial charge is 0.307 e. The number of rotatable bonds is 6. The zero-order chi connectivity index (χ0) is 21.1. The molecule has 1 saturated carbocycles. The minimum Gasteiger partial charge on any atom is -0.307 e. The predicted molar refractivity (Wildman–Crippen MR) is 110 cm³/mol. The number of ketones is 1. The highest BCUT2D eigenvalue weighted by Gasteiger charge is 2.26. The largest absolute Gasteiger partial charge is 0.325 e. The molecule has 2 heterocycles. The lowest BCUT2D eigenvalue weighted by atomic mass is 9.95. The molecule has 3 aromatic rings. The summed E-state index contributed by atoms with van der Waals surface area (Å²) in [5, 5.41) is 17.5. The van der Waals surface area contributed by atoms with E-state index in [1.807, 2.05) is 0 Å². The fourth-order valence-electron chi connectivity index (χ4n) is 3.25. The summed E-state index contributed by atoms with van der Waals surface area (Å²) in [6, 6.07) is 3.24. The maximum absolute atomic E-state index is 13.8. The molecule has 0 atom stereocenters. The summed E-state index contributed by atoms with van der Waals surface area (Å²) in [6.45, 7) is 0. The predicted octanol–water partition coefficient (Wildman–Crippen LogP) is 3.97. The molecule has 1 aliphatic rings. The number of halogens is 1. The van der Waals surface area contributed by atoms with E-state index in [4.69, 9.17) is 0 Å². The molecule has 1 aliphatic carbocycles. The number of carbonyl (C=O) groups excluding carboxylic acids is 2. The molecule has 1 fully saturated rings. The zero-order valence-corrected chi connectivity index (χ0v) is 17.6. The molecular formula is C18H18FN7O2S2. The lowest BCUT2D eigenvalue weighted by Crippen LogP contribution is -2.22. The van der Waals surface area contributed by atoms with Gasteiger partial charge >= 0.3 is 6.03 Å². The van der Waals surface area contributed by atoms with E-state index >= 15 is 0 Å². The van der Waals surface area contributed by atoms with Crippen molar-refractivity contribution in [3.8, 4) is 0 Å². The van der Waals surface area contributed by atoms with Gasteiger partial charge in [0.15, 0.2) is 10.9 Å². The third-order valence-electron chi connectivity index (χ3n) is 4.70. The van der Waals surface area contributed by atoms with Crippen molar-refractivity contribution in [2.45, 2.75) is 35.0 Å². The van der Waals surface area contributed by atoms with E-state index in [1.54, 1.807) is 13.2 Å². The van der Waals surface area contributed by atoms with Crippen LogP contribution < -0.4 is 10.6 Å². The van der Waals surface area contributed by atoms with Crippen LogP contribution in [0.25, 0.3) is 0 Å². The van der Waals surface area contributed by atoms with Gasteiger partial charge in [0.2, 0.25) is 5.16 Å². The normalized spacial score (nSPS) is 14.1. The number of thiazole rings is 1. The summed E-state index contributed by atoms with van der Waals surface area (Å²) in [5.41, 5.74) is 0.476. The molecule has 1 aromatic carbocycles. The van der Waals surface area contributed by atoms with Gasteiger partial charge in [-0.15, -0.1) is 5.10 Å². The maximum atomic E-state index is 13.8. The molecule has 156 valence electrons. The number of carbonyl (C=O) groups is 2. The van der Waals surface area contributed by atoms with Crippen molar-refractivity contribution in [3.63, 3.8) is 0 Å². The van der Waals surface area contributed by atoms with Crippen LogP contribution >= 0.6 is 23.1 Å². The molecule has 9 nitrogen and oxygen atoms in total. The van der Waals surface area contributed by atoms with Crippen LogP contribution in [0, 0.1) is 11.7 Å². The third kappa shape index (κ3) is 4.65. The van der Waals surface area contributed by atoms with Gasteiger partial charge in [-0.2, -0.15) is 0 Å². The quantitative estimate of drug-likeness (QED) is 0.549. The number of nitrogens with zero attached hydrogens (tertiary/aromatic N) is 5. The summed E-state index contributed by atoms with van der Waals surface area (Å²) in [5.74, 6) is -0.765. The number of Topliss-reactive ketones (excluding diaryl/α,β-unsaturated/α-hetero) is 1. The Balaban J connectivity index is 1.43. The first-order chi connectivity index (χ1) is 14.5. The van der Waals surface area contributed by atoms with Crippen molar-refractivity contribution >= 4 is 45.7 Å². The monoisotopic (exact) mass is 447 g/mol. The first kappa shape index (κ1) is 20.4. The Morgan fingerprint density at radius 3 is 2.80 bits per heavy atom. The Morgan fingerprint density at radius 2 is 2.07 bits per heavy atom. The zero-order valence-electron chi connectivity index (χ0n) is 16.0. The second-order valence-electron chi connectivity index (χ2n) is 6.79. The Morgan fingerprint density at radius 1 is 1.27 bits per heavy atom. The Labute approximate surface area is 179 Å². The van der Waals surface area contributed by atoms with Crippen molar-refractivity contribution in [1.29, 1.82) is 0 Å². The summed E-state index contributed by atoms with van der Waals surface area (Å²) >= 11 is 2.58. The molecule has 0 unspecified atom stereocenters. The molecule has 0 saturated heterocycles. The summed E-state index contributed by atoms with van der Waals surface area (Å²) in [7, 11) is 1.73. The molecular weight excluding hydrogens is 429 g/mol. The molecule has 0 radical (unpaired) electrons. The van der Waals surface area contributed by atoms with E-state index in [9.17, 15) is 14.0 Å². The van der Waals surface area contributed by atoms with Gasteiger partial charge in [-0.1, -0.05) is 24.2 Å². The van der Waals surface area contributed by atoms with Crippen molar-refractivity contribution in [2.75, 3.05) is 10.6 Å². The van der Waals surface area contributed by atoms with Gasteiger partial charge in [0, 0.05) is 18.5 Å². The minimum atomic E-state index is -0.562. The Kier molecular flexibility index (Phi) is 6.04. The third-order valence-corrected chi connectivity index (χ3v) is 6.74. The van der Waals surface area contributed by atoms with E-state index in [0.29, 0.717) is 10.3 Å². The fourth-order valence-corrected chi connectivity index (χ4v) is 4.95. The van der Waals surface area contributed by atoms with Gasteiger partial charge in [-0.05, 0) is 53.2 Å². The number of urea groups is 1. The molecule has 4 rings (SSSR count). The van der Waals surface area contributed by atoms with E-state index < -0.39 is 11.8 Å². The van der Waals surface area contributed by atoms with Gasteiger partial charge in [0.25, 0.3) is 0 Å². The molecule has 12 heteroatoms. The number of amides is 2. The topological polar surface area (TPSA) is 115 Å². The number of benzene rings is 1. The number of hydrogen-bond donors (Lipinski definition) is 2. The second-order valence-corrected chi connectivity index (χ2v) is 9.08. The highest BCUT2D eigenvalue weighted by molar-refractivity contribution is 8.01. The summed E-state index contributed by atoms with van der Waals surface area (Å²) in [4.78, 5) is 29.4. The van der Waals surface area contributed by atoms with Crippen LogP contribution in [-0.2, 0) is 7.05 Å². The van der Waals surface area contributed by atoms with Crippen LogP contribution in [0.2, 0.25) is 0 Å². The van der Waals surface area contributed by atoms with E-state index in [2.05, 4.69) is 31.1 Å². The van der Waals surface area contributed by atoms with Crippen LogP contribution in [0.4, 0.5) is 20.0 Å². The summed E-state index contributed by atoms with van der Waals surface area (Å²) < 4.78 is 16.1. The van der Waals surface area contributed by atoms with Gasteiger partial charge < -0.3 is 5.32 Å². The molecule has 0 aliphatic heterocycles. The number of tetrazole rings is 1. The highest BCUT2D eigenvalue weighted by Crippen LogP contribution is 2.33. The maximum Gasteiger partial charge on any atom is 0.325 e. The molecule has 2 N–H and O–H groups in total. The number of hydrogen-bond acceptors (Lipinski definition) is 8. The fraction of sp³-hybridized carbons (Fsp3) is 0.333. The second kappa shape index (κ2) is 8.88. The lowest BCUT2D eigenvalue weighted by molar-refractivity contribution is 0.0923. The first-order valence-corrected chi connectivity index (χ1v) is 10.9. The van der Waals surface area contributed by atoms with Gasteiger partial charge in [0.05, 0.1) is 16.1 Å². The van der Waals surface area contributed by atoms with Crippen LogP contribution in [0.3, 0.4) is 0 Å². The number of aryl methyl sites for hydroxylation is 1. The highest BCUT2D eigenvalue weighted by atomic mass is 32.2. The Hall–Kier alpha value is -2.86. The minimum absolute atomic E-state index is 0.121. The molecule has 2 aromatic heterocycles. The van der Waals surface area contributed by atoms with Crippen molar-refractivity contribution in [3.05, 3.63) is 35.8 Å². The van der Waals surface area contributed by atoms with E-state index in [-0.39, 0.29) is 23.0 Å². The van der Waals surface area contributed by atoms with Crippen LogP contribution in [0.15, 0.2) is 33.8 Å².